The van der Waals surface area contributed by atoms with E-state index in [-0.39, 0.29) is 5.91 Å². The van der Waals surface area contributed by atoms with Crippen molar-refractivity contribution >= 4 is 5.91 Å². The molecule has 3 aromatic rings. The topological polar surface area (TPSA) is 71.2 Å². The van der Waals surface area contributed by atoms with Crippen molar-refractivity contribution in [2.24, 2.45) is 7.05 Å². The number of aromatic nitrogens is 3. The van der Waals surface area contributed by atoms with Crippen molar-refractivity contribution in [3.8, 4) is 11.4 Å². The standard InChI is InChI=1S/C21H24N4O2/c1-15-22-20(23-25(15)3)17-9-11-18(12-10-17)21(27)24(2)14-13-19(26)16-7-5-4-6-8-16/h4-12,19,26H,13-14H2,1-3H3/t19-/m0/s1. The molecular formula is C21H24N4O2. The van der Waals surface area contributed by atoms with E-state index in [1.165, 1.54) is 0 Å². The van der Waals surface area contributed by atoms with Crippen LogP contribution in [0.25, 0.3) is 11.4 Å². The van der Waals surface area contributed by atoms with Gasteiger partial charge in [0.2, 0.25) is 0 Å². The van der Waals surface area contributed by atoms with Crippen molar-refractivity contribution in [2.45, 2.75) is 19.4 Å². The van der Waals surface area contributed by atoms with Crippen LogP contribution in [0.2, 0.25) is 0 Å². The molecule has 0 saturated carbocycles. The first kappa shape index (κ1) is 18.8. The molecule has 1 heterocycles. The van der Waals surface area contributed by atoms with Gasteiger partial charge in [0.15, 0.2) is 5.82 Å². The number of carbonyl (C=O) groups is 1. The van der Waals surface area contributed by atoms with Crippen LogP contribution in [0, 0.1) is 6.92 Å². The van der Waals surface area contributed by atoms with Crippen LogP contribution in [0.15, 0.2) is 54.6 Å². The number of aliphatic hydroxyl groups excluding tert-OH is 1. The second-order valence-electron chi connectivity index (χ2n) is 6.63. The maximum absolute atomic E-state index is 12.6. The first-order valence-electron chi connectivity index (χ1n) is 8.92. The summed E-state index contributed by atoms with van der Waals surface area (Å²) in [5.41, 5.74) is 2.33. The minimum Gasteiger partial charge on any atom is -0.388 e. The van der Waals surface area contributed by atoms with Gasteiger partial charge in [-0.15, -0.1) is 0 Å². The fourth-order valence-corrected chi connectivity index (χ4v) is 2.83. The highest BCUT2D eigenvalue weighted by molar-refractivity contribution is 5.94. The van der Waals surface area contributed by atoms with Crippen LogP contribution in [0.1, 0.15) is 34.3 Å². The Balaban J connectivity index is 1.61. The SMILES string of the molecule is Cc1nc(-c2ccc(C(=O)N(C)CC[C@H](O)c3ccccc3)cc2)nn1C. The highest BCUT2D eigenvalue weighted by atomic mass is 16.3. The Bertz CT molecular complexity index is 884. The fourth-order valence-electron chi connectivity index (χ4n) is 2.83. The van der Waals surface area contributed by atoms with Gasteiger partial charge in [0.05, 0.1) is 6.10 Å². The van der Waals surface area contributed by atoms with Gasteiger partial charge >= 0.3 is 0 Å². The Morgan fingerprint density at radius 2 is 1.81 bits per heavy atom. The lowest BCUT2D eigenvalue weighted by molar-refractivity contribution is 0.0761. The highest BCUT2D eigenvalue weighted by Crippen LogP contribution is 2.19. The predicted molar refractivity (Wildman–Crippen MR) is 104 cm³/mol. The number of rotatable bonds is 6. The van der Waals surface area contributed by atoms with E-state index in [4.69, 9.17) is 0 Å². The van der Waals surface area contributed by atoms with Gasteiger partial charge in [-0.25, -0.2) is 4.98 Å². The summed E-state index contributed by atoms with van der Waals surface area (Å²) in [4.78, 5) is 18.6. The Hall–Kier alpha value is -2.99. The van der Waals surface area contributed by atoms with Crippen LogP contribution < -0.4 is 0 Å². The summed E-state index contributed by atoms with van der Waals surface area (Å²) in [6.45, 7) is 2.37. The lowest BCUT2D eigenvalue weighted by atomic mass is 10.1. The molecule has 6 nitrogen and oxygen atoms in total. The molecule has 0 unspecified atom stereocenters. The van der Waals surface area contributed by atoms with E-state index >= 15 is 0 Å². The lowest BCUT2D eigenvalue weighted by Crippen LogP contribution is -2.28. The van der Waals surface area contributed by atoms with Crippen molar-refractivity contribution in [1.29, 1.82) is 0 Å². The quantitative estimate of drug-likeness (QED) is 0.730. The smallest absolute Gasteiger partial charge is 0.253 e. The number of amides is 1. The van der Waals surface area contributed by atoms with E-state index < -0.39 is 6.10 Å². The Morgan fingerprint density at radius 3 is 2.41 bits per heavy atom. The number of aliphatic hydroxyl groups is 1. The molecule has 27 heavy (non-hydrogen) atoms. The van der Waals surface area contributed by atoms with Gasteiger partial charge in [-0.05, 0) is 31.0 Å². The maximum atomic E-state index is 12.6. The molecule has 140 valence electrons. The van der Waals surface area contributed by atoms with Gasteiger partial charge in [0, 0.05) is 31.8 Å². The molecule has 1 aromatic heterocycles. The minimum absolute atomic E-state index is 0.0769. The molecule has 1 amide bonds. The molecule has 2 aromatic carbocycles. The van der Waals surface area contributed by atoms with Gasteiger partial charge < -0.3 is 10.0 Å². The summed E-state index contributed by atoms with van der Waals surface area (Å²) >= 11 is 0. The van der Waals surface area contributed by atoms with Crippen LogP contribution in [-0.2, 0) is 7.05 Å². The molecule has 6 heteroatoms. The Morgan fingerprint density at radius 1 is 1.15 bits per heavy atom. The van der Waals surface area contributed by atoms with Crippen molar-refractivity contribution in [3.63, 3.8) is 0 Å². The second-order valence-corrected chi connectivity index (χ2v) is 6.63. The van der Waals surface area contributed by atoms with Crippen molar-refractivity contribution in [1.82, 2.24) is 19.7 Å². The molecule has 3 rings (SSSR count). The average molecular weight is 364 g/mol. The number of carbonyl (C=O) groups excluding carboxylic acids is 1. The van der Waals surface area contributed by atoms with E-state index in [0.717, 1.165) is 17.0 Å². The number of hydrogen-bond donors (Lipinski definition) is 1. The molecule has 1 N–H and O–H groups in total. The monoisotopic (exact) mass is 364 g/mol. The zero-order chi connectivity index (χ0) is 19.4. The normalized spacial score (nSPS) is 12.0. The van der Waals surface area contributed by atoms with Crippen molar-refractivity contribution in [3.05, 3.63) is 71.5 Å². The zero-order valence-electron chi connectivity index (χ0n) is 15.8. The summed E-state index contributed by atoms with van der Waals surface area (Å²) in [6, 6.07) is 16.8. The third kappa shape index (κ3) is 4.41. The number of benzene rings is 2. The molecule has 1 atom stereocenters. The van der Waals surface area contributed by atoms with E-state index in [2.05, 4.69) is 10.1 Å². The van der Waals surface area contributed by atoms with Crippen LogP contribution in [0.4, 0.5) is 0 Å². The van der Waals surface area contributed by atoms with E-state index in [1.54, 1.807) is 28.8 Å². The summed E-state index contributed by atoms with van der Waals surface area (Å²) in [5.74, 6) is 1.40. The second kappa shape index (κ2) is 8.14. The largest absolute Gasteiger partial charge is 0.388 e. The Labute approximate surface area is 159 Å². The van der Waals surface area contributed by atoms with Gasteiger partial charge in [0.1, 0.15) is 5.82 Å². The third-order valence-electron chi connectivity index (χ3n) is 4.64. The number of hydrogen-bond acceptors (Lipinski definition) is 4. The van der Waals surface area contributed by atoms with E-state index in [1.807, 2.05) is 56.4 Å². The summed E-state index contributed by atoms with van der Waals surface area (Å²) < 4.78 is 1.72. The molecule has 0 aliphatic rings. The molecule has 0 bridgehead atoms. The molecule has 0 saturated heterocycles. The first-order valence-corrected chi connectivity index (χ1v) is 8.92. The van der Waals surface area contributed by atoms with Gasteiger partial charge in [-0.2, -0.15) is 5.10 Å². The molecule has 0 fully saturated rings. The zero-order valence-corrected chi connectivity index (χ0v) is 15.8. The third-order valence-corrected chi connectivity index (χ3v) is 4.64. The highest BCUT2D eigenvalue weighted by Gasteiger charge is 2.15. The summed E-state index contributed by atoms with van der Waals surface area (Å²) in [5, 5.41) is 14.6. The Kier molecular flexibility index (Phi) is 5.66. The lowest BCUT2D eigenvalue weighted by Gasteiger charge is -2.19. The predicted octanol–water partition coefficient (Wildman–Crippen LogP) is 2.99. The molecular weight excluding hydrogens is 340 g/mol. The van der Waals surface area contributed by atoms with Crippen LogP contribution in [-0.4, -0.2) is 44.3 Å². The van der Waals surface area contributed by atoms with Crippen molar-refractivity contribution in [2.75, 3.05) is 13.6 Å². The molecule has 0 aliphatic carbocycles. The van der Waals surface area contributed by atoms with Gasteiger partial charge in [-0.3, -0.25) is 9.48 Å². The van der Waals surface area contributed by atoms with E-state index in [9.17, 15) is 9.90 Å². The number of aryl methyl sites for hydroxylation is 2. The molecule has 0 spiro atoms. The first-order chi connectivity index (χ1) is 13.0. The maximum Gasteiger partial charge on any atom is 0.253 e. The fraction of sp³-hybridized carbons (Fsp3) is 0.286. The average Bonchev–Trinajstić information content (AvgIpc) is 3.04. The van der Waals surface area contributed by atoms with Gasteiger partial charge in [0.25, 0.3) is 5.91 Å². The molecule has 0 aliphatic heterocycles. The van der Waals surface area contributed by atoms with E-state index in [0.29, 0.717) is 24.4 Å². The molecule has 0 radical (unpaired) electrons. The minimum atomic E-state index is -0.581. The number of nitrogens with zero attached hydrogens (tertiary/aromatic N) is 4. The van der Waals surface area contributed by atoms with Crippen LogP contribution in [0.3, 0.4) is 0 Å². The van der Waals surface area contributed by atoms with Crippen LogP contribution in [0.5, 0.6) is 0 Å². The van der Waals surface area contributed by atoms with Crippen molar-refractivity contribution < 1.29 is 9.90 Å². The summed E-state index contributed by atoms with van der Waals surface area (Å²) in [6.07, 6.45) is -0.0936. The van der Waals surface area contributed by atoms with Crippen LogP contribution >= 0.6 is 0 Å². The summed E-state index contributed by atoms with van der Waals surface area (Å²) in [7, 11) is 3.60. The van der Waals surface area contributed by atoms with Gasteiger partial charge in [-0.1, -0.05) is 42.5 Å².